The fraction of sp³-hybridized carbons (Fsp3) is 0.364. The standard InChI is InChI=1S/C11H13ClN2O3/c1-7(2)10(11(12)15)13-8-3-5-9(6-4-8)14(16)17/h3-7,10,13H,1-2H3. The predicted octanol–water partition coefficient (Wildman–Crippen LogP) is 2.80. The number of nitrogens with one attached hydrogen (secondary N) is 1. The predicted molar refractivity (Wildman–Crippen MR) is 66.2 cm³/mol. The lowest BCUT2D eigenvalue weighted by molar-refractivity contribution is -0.384. The summed E-state index contributed by atoms with van der Waals surface area (Å²) in [6, 6.07) is 5.34. The zero-order valence-corrected chi connectivity index (χ0v) is 10.3. The first-order valence-electron chi connectivity index (χ1n) is 5.12. The normalized spacial score (nSPS) is 12.2. The highest BCUT2D eigenvalue weighted by atomic mass is 35.5. The average Bonchev–Trinajstić information content (AvgIpc) is 2.25. The van der Waals surface area contributed by atoms with E-state index in [1.807, 2.05) is 13.8 Å². The van der Waals surface area contributed by atoms with E-state index in [1.54, 1.807) is 12.1 Å². The summed E-state index contributed by atoms with van der Waals surface area (Å²) in [6.07, 6.45) is 0. The molecule has 0 spiro atoms. The third-order valence-electron chi connectivity index (χ3n) is 2.31. The van der Waals surface area contributed by atoms with E-state index in [4.69, 9.17) is 11.6 Å². The van der Waals surface area contributed by atoms with Crippen LogP contribution in [0.4, 0.5) is 11.4 Å². The molecule has 5 nitrogen and oxygen atoms in total. The van der Waals surface area contributed by atoms with Crippen molar-refractivity contribution in [2.24, 2.45) is 5.92 Å². The van der Waals surface area contributed by atoms with Crippen molar-refractivity contribution in [1.29, 1.82) is 0 Å². The number of nitrogens with zero attached hydrogens (tertiary/aromatic N) is 1. The summed E-state index contributed by atoms with van der Waals surface area (Å²) in [7, 11) is 0. The van der Waals surface area contributed by atoms with Crippen molar-refractivity contribution < 1.29 is 9.72 Å². The van der Waals surface area contributed by atoms with Crippen LogP contribution in [0.3, 0.4) is 0 Å². The summed E-state index contributed by atoms with van der Waals surface area (Å²) in [5, 5.41) is 12.9. The van der Waals surface area contributed by atoms with Crippen LogP contribution in [0.1, 0.15) is 13.8 Å². The maximum atomic E-state index is 11.2. The molecule has 1 atom stereocenters. The highest BCUT2D eigenvalue weighted by Gasteiger charge is 2.20. The molecule has 0 saturated carbocycles. The smallest absolute Gasteiger partial charge is 0.269 e. The van der Waals surface area contributed by atoms with E-state index in [0.717, 1.165) is 0 Å². The number of nitro groups is 1. The molecule has 0 aliphatic carbocycles. The molecule has 6 heteroatoms. The van der Waals surface area contributed by atoms with Crippen molar-refractivity contribution in [3.8, 4) is 0 Å². The first-order chi connectivity index (χ1) is 7.91. The summed E-state index contributed by atoms with van der Waals surface area (Å²) >= 11 is 5.46. The fourth-order valence-electron chi connectivity index (χ4n) is 1.34. The third-order valence-corrected chi connectivity index (χ3v) is 2.55. The quantitative estimate of drug-likeness (QED) is 0.499. The Hall–Kier alpha value is -1.62. The largest absolute Gasteiger partial charge is 0.374 e. The van der Waals surface area contributed by atoms with Gasteiger partial charge in [-0.3, -0.25) is 14.9 Å². The molecular formula is C11H13ClN2O3. The second-order valence-electron chi connectivity index (χ2n) is 3.97. The average molecular weight is 257 g/mol. The minimum absolute atomic E-state index is 0.00819. The maximum Gasteiger partial charge on any atom is 0.269 e. The van der Waals surface area contributed by atoms with Gasteiger partial charge in [0.1, 0.15) is 6.04 Å². The van der Waals surface area contributed by atoms with Crippen molar-refractivity contribution in [1.82, 2.24) is 0 Å². The van der Waals surface area contributed by atoms with Crippen LogP contribution in [0.15, 0.2) is 24.3 Å². The molecule has 0 heterocycles. The summed E-state index contributed by atoms with van der Waals surface area (Å²) in [5.41, 5.74) is 0.636. The number of rotatable bonds is 5. The molecule has 1 unspecified atom stereocenters. The Kier molecular flexibility index (Phi) is 4.45. The molecule has 0 fully saturated rings. The zero-order chi connectivity index (χ0) is 13.0. The van der Waals surface area contributed by atoms with Crippen molar-refractivity contribution in [2.45, 2.75) is 19.9 Å². The van der Waals surface area contributed by atoms with Gasteiger partial charge in [-0.05, 0) is 29.7 Å². The summed E-state index contributed by atoms with van der Waals surface area (Å²) < 4.78 is 0. The monoisotopic (exact) mass is 256 g/mol. The highest BCUT2D eigenvalue weighted by Crippen LogP contribution is 2.18. The van der Waals surface area contributed by atoms with E-state index in [1.165, 1.54) is 12.1 Å². The van der Waals surface area contributed by atoms with Gasteiger partial charge in [-0.15, -0.1) is 0 Å². The Balaban J connectivity index is 2.80. The van der Waals surface area contributed by atoms with E-state index in [9.17, 15) is 14.9 Å². The van der Waals surface area contributed by atoms with Crippen LogP contribution >= 0.6 is 11.6 Å². The second kappa shape index (κ2) is 5.63. The van der Waals surface area contributed by atoms with Gasteiger partial charge in [0, 0.05) is 17.8 Å². The number of hydrogen-bond donors (Lipinski definition) is 1. The van der Waals surface area contributed by atoms with Crippen LogP contribution in [0.5, 0.6) is 0 Å². The van der Waals surface area contributed by atoms with Gasteiger partial charge in [-0.2, -0.15) is 0 Å². The minimum Gasteiger partial charge on any atom is -0.374 e. The third kappa shape index (κ3) is 3.71. The molecule has 1 N–H and O–H groups in total. The molecule has 1 aromatic carbocycles. The Labute approximate surface area is 104 Å². The van der Waals surface area contributed by atoms with Gasteiger partial charge in [0.2, 0.25) is 5.24 Å². The van der Waals surface area contributed by atoms with Crippen LogP contribution in [-0.2, 0) is 4.79 Å². The van der Waals surface area contributed by atoms with Crippen LogP contribution in [-0.4, -0.2) is 16.2 Å². The van der Waals surface area contributed by atoms with Gasteiger partial charge < -0.3 is 5.32 Å². The molecule has 0 aliphatic rings. The topological polar surface area (TPSA) is 72.2 Å². The number of anilines is 1. The van der Waals surface area contributed by atoms with Gasteiger partial charge in [0.05, 0.1) is 4.92 Å². The highest BCUT2D eigenvalue weighted by molar-refractivity contribution is 6.65. The molecule has 0 bridgehead atoms. The number of non-ortho nitro benzene ring substituents is 1. The fourth-order valence-corrected chi connectivity index (χ4v) is 1.65. The number of benzene rings is 1. The zero-order valence-electron chi connectivity index (χ0n) is 9.51. The van der Waals surface area contributed by atoms with Crippen LogP contribution in [0.2, 0.25) is 0 Å². The van der Waals surface area contributed by atoms with E-state index in [2.05, 4.69) is 5.32 Å². The number of carbonyl (C=O) groups is 1. The molecule has 1 rings (SSSR count). The lowest BCUT2D eigenvalue weighted by Crippen LogP contribution is -2.31. The second-order valence-corrected chi connectivity index (χ2v) is 4.35. The van der Waals surface area contributed by atoms with Gasteiger partial charge >= 0.3 is 0 Å². The molecular weight excluding hydrogens is 244 g/mol. The molecule has 0 saturated heterocycles. The minimum atomic E-state index is -0.502. The summed E-state index contributed by atoms with van der Waals surface area (Å²) in [6.45, 7) is 3.73. The summed E-state index contributed by atoms with van der Waals surface area (Å²) in [5.74, 6) is 0.0372. The van der Waals surface area contributed by atoms with Gasteiger partial charge in [-0.1, -0.05) is 13.8 Å². The van der Waals surface area contributed by atoms with Gasteiger partial charge in [0.25, 0.3) is 5.69 Å². The van der Waals surface area contributed by atoms with Gasteiger partial charge in [0.15, 0.2) is 0 Å². The molecule has 0 aliphatic heterocycles. The van der Waals surface area contributed by atoms with E-state index in [-0.39, 0.29) is 11.6 Å². The van der Waals surface area contributed by atoms with Crippen LogP contribution < -0.4 is 5.32 Å². The number of carbonyl (C=O) groups excluding carboxylic acids is 1. The Morgan fingerprint density at radius 2 is 1.88 bits per heavy atom. The van der Waals surface area contributed by atoms with Crippen LogP contribution in [0, 0.1) is 16.0 Å². The maximum absolute atomic E-state index is 11.2. The number of nitro benzene ring substituents is 1. The lowest BCUT2D eigenvalue weighted by Gasteiger charge is -2.19. The first kappa shape index (κ1) is 13.4. The first-order valence-corrected chi connectivity index (χ1v) is 5.50. The number of hydrogen-bond acceptors (Lipinski definition) is 4. The van der Waals surface area contributed by atoms with E-state index >= 15 is 0 Å². The molecule has 0 amide bonds. The van der Waals surface area contributed by atoms with Crippen molar-refractivity contribution in [2.75, 3.05) is 5.32 Å². The van der Waals surface area contributed by atoms with Crippen molar-refractivity contribution in [3.05, 3.63) is 34.4 Å². The SMILES string of the molecule is CC(C)C(Nc1ccc([N+](=O)[O-])cc1)C(=O)Cl. The molecule has 1 aromatic rings. The van der Waals surface area contributed by atoms with Crippen LogP contribution in [0.25, 0.3) is 0 Å². The Morgan fingerprint density at radius 1 is 1.35 bits per heavy atom. The number of halogens is 1. The molecule has 17 heavy (non-hydrogen) atoms. The Morgan fingerprint density at radius 3 is 2.24 bits per heavy atom. The molecule has 0 aromatic heterocycles. The van der Waals surface area contributed by atoms with Gasteiger partial charge in [-0.25, -0.2) is 0 Å². The van der Waals surface area contributed by atoms with E-state index in [0.29, 0.717) is 5.69 Å². The van der Waals surface area contributed by atoms with Crippen molar-refractivity contribution in [3.63, 3.8) is 0 Å². The van der Waals surface area contributed by atoms with E-state index < -0.39 is 16.2 Å². The lowest BCUT2D eigenvalue weighted by atomic mass is 10.1. The molecule has 0 radical (unpaired) electrons. The van der Waals surface area contributed by atoms with Crippen molar-refractivity contribution >= 4 is 28.2 Å². The molecule has 92 valence electrons. The summed E-state index contributed by atoms with van der Waals surface area (Å²) in [4.78, 5) is 21.1. The Bertz CT molecular complexity index is 417.